The van der Waals surface area contributed by atoms with Crippen LogP contribution >= 0.6 is 0 Å². The van der Waals surface area contributed by atoms with Crippen LogP contribution in [0.5, 0.6) is 11.5 Å². The van der Waals surface area contributed by atoms with Gasteiger partial charge in [0, 0.05) is 54.4 Å². The summed E-state index contributed by atoms with van der Waals surface area (Å²) in [5.74, 6) is 7.81. The van der Waals surface area contributed by atoms with Crippen LogP contribution in [0.3, 0.4) is 0 Å². The molecule has 18 heteroatoms. The standard InChI is InChI=1S/C51H50N12O5S/c1-6-11-12-39(8-3)67-41-18-14-35(15-19-41)46-44-48(52)54-32-56-50(44)62(58-46)37-23-27-60(28-24-37)43(64)22-13-34(7-2)31-40(9-4)68-42-20-16-36(17-21-42)47-45-49(53)55-33-57-51(45)63(59-47)38-25-29-61(30-26-38)69(65,66)10-5/h1-2,8-22,31-33,37-38H,5,23-30H2,3-4H3,(H2,52,54,56)(H2,53,55,57)/b12-11-,22-13+,34-31+,39-8+,40-9+. The Bertz CT molecular complexity index is 3260. The molecule has 2 fully saturated rings. The fourth-order valence-electron chi connectivity index (χ4n) is 8.36. The lowest BCUT2D eigenvalue weighted by molar-refractivity contribution is -0.127. The number of ether oxygens (including phenoxy) is 2. The number of rotatable bonds is 14. The van der Waals surface area contributed by atoms with E-state index in [1.165, 1.54) is 23.0 Å². The second-order valence-electron chi connectivity index (χ2n) is 16.1. The van der Waals surface area contributed by atoms with Gasteiger partial charge < -0.3 is 25.8 Å². The first-order valence-electron chi connectivity index (χ1n) is 22.2. The average molecular weight is 943 g/mol. The van der Waals surface area contributed by atoms with E-state index >= 15 is 0 Å². The molecule has 4 aromatic heterocycles. The highest BCUT2D eigenvalue weighted by atomic mass is 32.2. The van der Waals surface area contributed by atoms with Gasteiger partial charge in [0.05, 0.1) is 22.9 Å². The number of allylic oxidation sites excluding steroid dienone is 7. The van der Waals surface area contributed by atoms with E-state index in [1.54, 1.807) is 47.4 Å². The number of aromatic nitrogens is 8. The zero-order valence-corrected chi connectivity index (χ0v) is 39.0. The molecular weight excluding hydrogens is 893 g/mol. The summed E-state index contributed by atoms with van der Waals surface area (Å²) in [4.78, 5) is 32.8. The van der Waals surface area contributed by atoms with Gasteiger partial charge in [0.15, 0.2) is 11.3 Å². The topological polar surface area (TPSA) is 215 Å². The molecule has 2 aromatic carbocycles. The second-order valence-corrected chi connectivity index (χ2v) is 18.0. The average Bonchev–Trinajstić information content (AvgIpc) is 3.98. The summed E-state index contributed by atoms with van der Waals surface area (Å²) in [6.07, 6.45) is 28.1. The van der Waals surface area contributed by atoms with Gasteiger partial charge in [-0.2, -0.15) is 14.5 Å². The lowest BCUT2D eigenvalue weighted by Crippen LogP contribution is -2.38. The molecule has 17 nitrogen and oxygen atoms in total. The SMILES string of the molecule is C#C/C=C\C(=C/C)Oc1ccc(-c2nn(C3CCN(C(=O)/C=C/C(C#C)=C/C(=C\C)Oc4ccc(-c5nn(C6CCN(S(=O)(=O)C=C)CC6)c6ncnc(N)c56)cc4)CC3)c3ncnc(N)c23)cc1. The van der Waals surface area contributed by atoms with E-state index in [9.17, 15) is 13.2 Å². The minimum atomic E-state index is -3.51. The maximum absolute atomic E-state index is 13.5. The molecule has 6 heterocycles. The minimum Gasteiger partial charge on any atom is -0.458 e. The molecule has 1 amide bonds. The number of amides is 1. The van der Waals surface area contributed by atoms with Crippen LogP contribution in [0.25, 0.3) is 44.6 Å². The van der Waals surface area contributed by atoms with E-state index in [1.807, 2.05) is 65.7 Å². The Kier molecular flexibility index (Phi) is 14.1. The van der Waals surface area contributed by atoms with Gasteiger partial charge in [-0.15, -0.1) is 12.8 Å². The van der Waals surface area contributed by atoms with Crippen molar-refractivity contribution in [3.8, 4) is 58.7 Å². The van der Waals surface area contributed by atoms with Crippen molar-refractivity contribution < 1.29 is 22.7 Å². The molecule has 2 aliphatic heterocycles. The highest BCUT2D eigenvalue weighted by Crippen LogP contribution is 2.37. The first-order chi connectivity index (χ1) is 33.4. The molecule has 350 valence electrons. The molecule has 0 aliphatic carbocycles. The summed E-state index contributed by atoms with van der Waals surface area (Å²) in [6, 6.07) is 14.7. The molecule has 0 unspecified atom stereocenters. The number of carbonyl (C=O) groups excluding carboxylic acids is 1. The summed E-state index contributed by atoms with van der Waals surface area (Å²) in [6.45, 7) is 8.78. The fourth-order valence-corrected chi connectivity index (χ4v) is 9.29. The maximum Gasteiger partial charge on any atom is 0.246 e. The first-order valence-corrected chi connectivity index (χ1v) is 23.7. The molecule has 4 N–H and O–H groups in total. The minimum absolute atomic E-state index is 0.0410. The van der Waals surface area contributed by atoms with E-state index < -0.39 is 10.0 Å². The van der Waals surface area contributed by atoms with E-state index in [4.69, 9.17) is 44.0 Å². The van der Waals surface area contributed by atoms with Crippen molar-refractivity contribution in [3.63, 3.8) is 0 Å². The number of nitrogen functional groups attached to an aromatic ring is 2. The van der Waals surface area contributed by atoms with Gasteiger partial charge in [-0.25, -0.2) is 37.7 Å². The van der Waals surface area contributed by atoms with Crippen molar-refractivity contribution in [2.24, 2.45) is 0 Å². The van der Waals surface area contributed by atoms with E-state index in [-0.39, 0.29) is 23.8 Å². The van der Waals surface area contributed by atoms with Crippen LogP contribution in [0, 0.1) is 24.7 Å². The van der Waals surface area contributed by atoms with Gasteiger partial charge in [0.25, 0.3) is 0 Å². The Morgan fingerprint density at radius 3 is 1.68 bits per heavy atom. The third kappa shape index (κ3) is 10.2. The number of terminal acetylenes is 2. The van der Waals surface area contributed by atoms with Gasteiger partial charge in [-0.05, 0) is 125 Å². The molecule has 0 bridgehead atoms. The van der Waals surface area contributed by atoms with Gasteiger partial charge in [0.2, 0.25) is 15.9 Å². The molecule has 0 saturated carbocycles. The normalized spacial score (nSPS) is 16.1. The van der Waals surface area contributed by atoms with Gasteiger partial charge >= 0.3 is 0 Å². The fraction of sp³-hybridized carbons (Fsp3) is 0.235. The predicted octanol–water partition coefficient (Wildman–Crippen LogP) is 7.31. The van der Waals surface area contributed by atoms with E-state index in [2.05, 4.69) is 38.4 Å². The molecule has 6 aromatic rings. The van der Waals surface area contributed by atoms with Crippen molar-refractivity contribution in [2.45, 2.75) is 51.6 Å². The van der Waals surface area contributed by atoms with Crippen LogP contribution in [0.4, 0.5) is 11.6 Å². The Morgan fingerprint density at radius 2 is 1.22 bits per heavy atom. The lowest BCUT2D eigenvalue weighted by atomic mass is 10.0. The molecule has 8 rings (SSSR count). The van der Waals surface area contributed by atoms with Gasteiger partial charge in [-0.3, -0.25) is 4.79 Å². The zero-order valence-electron chi connectivity index (χ0n) is 38.1. The molecule has 0 atom stereocenters. The summed E-state index contributed by atoms with van der Waals surface area (Å²) >= 11 is 0. The Morgan fingerprint density at radius 1 is 0.725 bits per heavy atom. The van der Waals surface area contributed by atoms with Crippen LogP contribution in [-0.2, 0) is 14.8 Å². The largest absolute Gasteiger partial charge is 0.458 e. The van der Waals surface area contributed by atoms with Crippen molar-refractivity contribution in [2.75, 3.05) is 37.6 Å². The summed E-state index contributed by atoms with van der Waals surface area (Å²) < 4.78 is 42.0. The van der Waals surface area contributed by atoms with Crippen molar-refractivity contribution >= 4 is 49.6 Å². The molecule has 2 saturated heterocycles. The Labute approximate surface area is 400 Å². The first kappa shape index (κ1) is 47.2. The second kappa shape index (κ2) is 20.7. The highest BCUT2D eigenvalue weighted by Gasteiger charge is 2.31. The van der Waals surface area contributed by atoms with Crippen molar-refractivity contribution in [1.29, 1.82) is 0 Å². The number of likely N-dealkylation sites (tertiary alicyclic amines) is 1. The van der Waals surface area contributed by atoms with Crippen LogP contribution < -0.4 is 20.9 Å². The van der Waals surface area contributed by atoms with Gasteiger partial charge in [-0.1, -0.05) is 18.4 Å². The van der Waals surface area contributed by atoms with Crippen LogP contribution in [0.15, 0.2) is 133 Å². The number of nitrogens with zero attached hydrogens (tertiary/aromatic N) is 10. The monoisotopic (exact) mass is 942 g/mol. The Balaban J connectivity index is 0.902. The number of benzene rings is 2. The van der Waals surface area contributed by atoms with Crippen molar-refractivity contribution in [3.05, 3.63) is 133 Å². The number of hydrogen-bond acceptors (Lipinski definition) is 13. The third-order valence-corrected chi connectivity index (χ3v) is 13.5. The number of nitrogens with two attached hydrogens (primary N) is 2. The number of fused-ring (bicyclic) bond motifs is 2. The predicted molar refractivity (Wildman–Crippen MR) is 267 cm³/mol. The molecule has 0 radical (unpaired) electrons. The highest BCUT2D eigenvalue weighted by molar-refractivity contribution is 7.92. The number of carbonyl (C=O) groups is 1. The lowest BCUT2D eigenvalue weighted by Gasteiger charge is -2.31. The quantitative estimate of drug-likeness (QED) is 0.0475. The molecule has 2 aliphatic rings. The van der Waals surface area contributed by atoms with Crippen LogP contribution in [0.2, 0.25) is 0 Å². The Hall–Kier alpha value is -8.32. The number of hydrogen-bond donors (Lipinski definition) is 2. The summed E-state index contributed by atoms with van der Waals surface area (Å²) in [5.41, 5.74) is 17.3. The maximum atomic E-state index is 13.5. The van der Waals surface area contributed by atoms with Gasteiger partial charge in [0.1, 0.15) is 58.7 Å². The summed E-state index contributed by atoms with van der Waals surface area (Å²) in [5, 5.41) is 12.2. The zero-order chi connectivity index (χ0) is 48.7. The van der Waals surface area contributed by atoms with E-state index in [0.29, 0.717) is 120 Å². The number of piperidine rings is 2. The smallest absolute Gasteiger partial charge is 0.246 e. The number of anilines is 2. The molecule has 69 heavy (non-hydrogen) atoms. The van der Waals surface area contributed by atoms with Crippen molar-refractivity contribution in [1.82, 2.24) is 48.7 Å². The van der Waals surface area contributed by atoms with Crippen LogP contribution in [-0.4, -0.2) is 89.2 Å². The van der Waals surface area contributed by atoms with Crippen LogP contribution in [0.1, 0.15) is 51.6 Å². The molecular formula is C51H50N12O5S. The third-order valence-electron chi connectivity index (χ3n) is 12.0. The van der Waals surface area contributed by atoms with E-state index in [0.717, 1.165) is 16.5 Å². The number of sulfonamides is 1. The molecule has 0 spiro atoms. The summed E-state index contributed by atoms with van der Waals surface area (Å²) in [7, 11) is -3.51.